The lowest BCUT2D eigenvalue weighted by molar-refractivity contribution is -0.146. The van der Waals surface area contributed by atoms with Gasteiger partial charge < -0.3 is 19.9 Å². The minimum Gasteiger partial charge on any atom is -0.497 e. The molecule has 0 atom stereocenters. The van der Waals surface area contributed by atoms with Crippen molar-refractivity contribution in [3.8, 4) is 11.5 Å². The van der Waals surface area contributed by atoms with Crippen LogP contribution in [0.15, 0.2) is 18.2 Å². The number of hydrogen-bond donors (Lipinski definition) is 1. The zero-order valence-corrected chi connectivity index (χ0v) is 10.8. The van der Waals surface area contributed by atoms with E-state index >= 15 is 0 Å². The summed E-state index contributed by atoms with van der Waals surface area (Å²) >= 11 is 0. The zero-order chi connectivity index (χ0) is 13.4. The van der Waals surface area contributed by atoms with Crippen molar-refractivity contribution in [1.82, 2.24) is 0 Å². The van der Waals surface area contributed by atoms with Gasteiger partial charge in [0.15, 0.2) is 6.61 Å². The second kappa shape index (κ2) is 7.42. The molecule has 0 heterocycles. The van der Waals surface area contributed by atoms with Crippen molar-refractivity contribution in [3.05, 3.63) is 18.2 Å². The molecule has 18 heavy (non-hydrogen) atoms. The van der Waals surface area contributed by atoms with Crippen molar-refractivity contribution in [2.75, 3.05) is 26.1 Å². The highest BCUT2D eigenvalue weighted by molar-refractivity contribution is 5.71. The molecule has 0 spiro atoms. The summed E-state index contributed by atoms with van der Waals surface area (Å²) < 4.78 is 15.2. The SMILES string of the molecule is CCCCOC(=O)COc1ccc(OC)cc1N. The van der Waals surface area contributed by atoms with Gasteiger partial charge in [-0.15, -0.1) is 0 Å². The summed E-state index contributed by atoms with van der Waals surface area (Å²) in [6, 6.07) is 5.01. The van der Waals surface area contributed by atoms with E-state index < -0.39 is 5.97 Å². The first-order valence-corrected chi connectivity index (χ1v) is 5.89. The second-order valence-electron chi connectivity index (χ2n) is 3.77. The van der Waals surface area contributed by atoms with Crippen LogP contribution in [0.5, 0.6) is 11.5 Å². The topological polar surface area (TPSA) is 70.8 Å². The highest BCUT2D eigenvalue weighted by Crippen LogP contribution is 2.26. The number of benzene rings is 1. The molecule has 1 aromatic carbocycles. The third-order valence-corrected chi connectivity index (χ3v) is 2.32. The predicted molar refractivity (Wildman–Crippen MR) is 68.8 cm³/mol. The fraction of sp³-hybridized carbons (Fsp3) is 0.462. The van der Waals surface area contributed by atoms with Crippen LogP contribution in [-0.4, -0.2) is 26.3 Å². The van der Waals surface area contributed by atoms with Crippen molar-refractivity contribution >= 4 is 11.7 Å². The van der Waals surface area contributed by atoms with Crippen molar-refractivity contribution in [3.63, 3.8) is 0 Å². The van der Waals surface area contributed by atoms with Crippen molar-refractivity contribution in [2.24, 2.45) is 0 Å². The largest absolute Gasteiger partial charge is 0.497 e. The van der Waals surface area contributed by atoms with Crippen LogP contribution in [0.4, 0.5) is 5.69 Å². The maximum absolute atomic E-state index is 11.3. The summed E-state index contributed by atoms with van der Waals surface area (Å²) in [4.78, 5) is 11.3. The first kappa shape index (κ1) is 14.2. The van der Waals surface area contributed by atoms with Crippen LogP contribution >= 0.6 is 0 Å². The van der Waals surface area contributed by atoms with Gasteiger partial charge in [0.25, 0.3) is 0 Å². The number of methoxy groups -OCH3 is 1. The fourth-order valence-corrected chi connectivity index (χ4v) is 1.29. The number of unbranched alkanes of at least 4 members (excludes halogenated alkanes) is 1. The highest BCUT2D eigenvalue weighted by atomic mass is 16.6. The van der Waals surface area contributed by atoms with Gasteiger partial charge in [0, 0.05) is 6.07 Å². The van der Waals surface area contributed by atoms with Gasteiger partial charge in [-0.05, 0) is 18.6 Å². The lowest BCUT2D eigenvalue weighted by atomic mass is 10.3. The highest BCUT2D eigenvalue weighted by Gasteiger charge is 2.07. The molecule has 0 radical (unpaired) electrons. The van der Waals surface area contributed by atoms with Gasteiger partial charge in [-0.3, -0.25) is 0 Å². The lowest BCUT2D eigenvalue weighted by Gasteiger charge is -2.09. The average molecular weight is 253 g/mol. The lowest BCUT2D eigenvalue weighted by Crippen LogP contribution is -2.16. The van der Waals surface area contributed by atoms with Gasteiger partial charge in [-0.25, -0.2) is 4.79 Å². The average Bonchev–Trinajstić information content (AvgIpc) is 2.37. The third kappa shape index (κ3) is 4.53. The molecule has 0 aliphatic rings. The van der Waals surface area contributed by atoms with Gasteiger partial charge in [0.2, 0.25) is 0 Å². The Kier molecular flexibility index (Phi) is 5.84. The van der Waals surface area contributed by atoms with Gasteiger partial charge >= 0.3 is 5.97 Å². The van der Waals surface area contributed by atoms with E-state index in [0.29, 0.717) is 23.8 Å². The van der Waals surface area contributed by atoms with E-state index in [1.54, 1.807) is 25.3 Å². The molecule has 0 aromatic heterocycles. The first-order valence-electron chi connectivity index (χ1n) is 5.89. The Morgan fingerprint density at radius 1 is 1.39 bits per heavy atom. The zero-order valence-electron chi connectivity index (χ0n) is 10.8. The molecule has 2 N–H and O–H groups in total. The number of esters is 1. The Morgan fingerprint density at radius 2 is 2.17 bits per heavy atom. The number of nitrogen functional groups attached to an aromatic ring is 1. The normalized spacial score (nSPS) is 9.89. The summed E-state index contributed by atoms with van der Waals surface area (Å²) in [6.07, 6.45) is 1.84. The first-order chi connectivity index (χ1) is 8.67. The number of ether oxygens (including phenoxy) is 3. The molecule has 1 aromatic rings. The molecule has 0 unspecified atom stereocenters. The molecule has 0 fully saturated rings. The minimum atomic E-state index is -0.390. The molecule has 0 saturated heterocycles. The van der Waals surface area contributed by atoms with Crippen molar-refractivity contribution in [1.29, 1.82) is 0 Å². The van der Waals surface area contributed by atoms with E-state index in [1.165, 1.54) is 0 Å². The van der Waals surface area contributed by atoms with Crippen LogP contribution in [0.25, 0.3) is 0 Å². The van der Waals surface area contributed by atoms with Crippen LogP contribution < -0.4 is 15.2 Å². The van der Waals surface area contributed by atoms with Gasteiger partial charge in [0.05, 0.1) is 19.4 Å². The van der Waals surface area contributed by atoms with Crippen LogP contribution in [0.2, 0.25) is 0 Å². The van der Waals surface area contributed by atoms with E-state index in [1.807, 2.05) is 6.92 Å². The van der Waals surface area contributed by atoms with Crippen molar-refractivity contribution in [2.45, 2.75) is 19.8 Å². The number of nitrogens with two attached hydrogens (primary N) is 1. The maximum Gasteiger partial charge on any atom is 0.344 e. The summed E-state index contributed by atoms with van der Waals surface area (Å²) in [5.74, 6) is 0.701. The molecule has 1 rings (SSSR count). The van der Waals surface area contributed by atoms with Crippen LogP contribution in [0, 0.1) is 0 Å². The van der Waals surface area contributed by atoms with Gasteiger partial charge in [-0.2, -0.15) is 0 Å². The van der Waals surface area contributed by atoms with E-state index in [4.69, 9.17) is 19.9 Å². The quantitative estimate of drug-likeness (QED) is 0.457. The number of carbonyl (C=O) groups excluding carboxylic acids is 1. The Balaban J connectivity index is 2.41. The summed E-state index contributed by atoms with van der Waals surface area (Å²) in [5, 5.41) is 0. The minimum absolute atomic E-state index is 0.139. The fourth-order valence-electron chi connectivity index (χ4n) is 1.29. The molecule has 0 bridgehead atoms. The molecular weight excluding hydrogens is 234 g/mol. The van der Waals surface area contributed by atoms with Gasteiger partial charge in [0.1, 0.15) is 11.5 Å². The predicted octanol–water partition coefficient (Wildman–Crippen LogP) is 2.00. The third-order valence-electron chi connectivity index (χ3n) is 2.32. The van der Waals surface area contributed by atoms with E-state index in [2.05, 4.69) is 0 Å². The standard InChI is InChI=1S/C13H19NO4/c1-3-4-7-17-13(15)9-18-12-6-5-10(16-2)8-11(12)14/h5-6,8H,3-4,7,9,14H2,1-2H3. The summed E-state index contributed by atoms with van der Waals surface area (Å²) in [6.45, 7) is 2.32. The molecule has 5 heteroatoms. The molecule has 0 saturated carbocycles. The Bertz CT molecular complexity index is 393. The summed E-state index contributed by atoms with van der Waals surface area (Å²) in [5.41, 5.74) is 6.17. The van der Waals surface area contributed by atoms with Crippen LogP contribution in [-0.2, 0) is 9.53 Å². The van der Waals surface area contributed by atoms with E-state index in [0.717, 1.165) is 12.8 Å². The smallest absolute Gasteiger partial charge is 0.344 e. The Labute approximate surface area is 107 Å². The molecule has 0 aliphatic heterocycles. The number of anilines is 1. The summed E-state index contributed by atoms with van der Waals surface area (Å²) in [7, 11) is 1.56. The van der Waals surface area contributed by atoms with Gasteiger partial charge in [-0.1, -0.05) is 13.3 Å². The van der Waals surface area contributed by atoms with Crippen molar-refractivity contribution < 1.29 is 19.0 Å². The molecular formula is C13H19NO4. The number of hydrogen-bond acceptors (Lipinski definition) is 5. The maximum atomic E-state index is 11.3. The van der Waals surface area contributed by atoms with E-state index in [-0.39, 0.29) is 6.61 Å². The van der Waals surface area contributed by atoms with Crippen LogP contribution in [0.3, 0.4) is 0 Å². The molecule has 100 valence electrons. The Hall–Kier alpha value is -1.91. The molecule has 0 amide bonds. The molecule has 0 aliphatic carbocycles. The Morgan fingerprint density at radius 3 is 2.78 bits per heavy atom. The second-order valence-corrected chi connectivity index (χ2v) is 3.77. The van der Waals surface area contributed by atoms with E-state index in [9.17, 15) is 4.79 Å². The van der Waals surface area contributed by atoms with Crippen LogP contribution in [0.1, 0.15) is 19.8 Å². The molecule has 5 nitrogen and oxygen atoms in total. The number of carbonyl (C=O) groups is 1. The monoisotopic (exact) mass is 253 g/mol. The number of rotatable bonds is 7.